The molecule has 1 amide bonds. The summed E-state index contributed by atoms with van der Waals surface area (Å²) in [5, 5.41) is 0. The molecule has 0 spiro atoms. The average molecular weight is 408 g/mol. The van der Waals surface area contributed by atoms with Crippen LogP contribution in [-0.4, -0.2) is 29.7 Å². The van der Waals surface area contributed by atoms with E-state index in [4.69, 9.17) is 9.15 Å². The number of aromatic nitrogens is 1. The molecule has 6 nitrogen and oxygen atoms in total. The third-order valence-electron chi connectivity index (χ3n) is 4.77. The molecule has 1 aromatic heterocycles. The van der Waals surface area contributed by atoms with Gasteiger partial charge in [-0.15, -0.1) is 11.8 Å². The predicted octanol–water partition coefficient (Wildman–Crippen LogP) is 4.16. The Labute approximate surface area is 172 Å². The van der Waals surface area contributed by atoms with Crippen molar-refractivity contribution >= 4 is 29.3 Å². The number of thioether (sulfide) groups is 1. The lowest BCUT2D eigenvalue weighted by Gasteiger charge is -2.17. The summed E-state index contributed by atoms with van der Waals surface area (Å²) >= 11 is 1.61. The molecule has 4 rings (SSSR count). The Balaban J connectivity index is 1.36. The highest BCUT2D eigenvalue weighted by molar-refractivity contribution is 7.98. The van der Waals surface area contributed by atoms with Gasteiger partial charge >= 0.3 is 5.97 Å². The molecule has 1 fully saturated rings. The van der Waals surface area contributed by atoms with Crippen LogP contribution in [0.15, 0.2) is 70.1 Å². The summed E-state index contributed by atoms with van der Waals surface area (Å²) < 4.78 is 11.0. The van der Waals surface area contributed by atoms with Crippen molar-refractivity contribution in [3.63, 3.8) is 0 Å². The average Bonchev–Trinajstić information content (AvgIpc) is 3.39. The van der Waals surface area contributed by atoms with Gasteiger partial charge in [-0.3, -0.25) is 9.59 Å². The highest BCUT2D eigenvalue weighted by Gasteiger charge is 2.36. The van der Waals surface area contributed by atoms with Crippen molar-refractivity contribution in [3.05, 3.63) is 66.7 Å². The molecule has 2 heterocycles. The van der Waals surface area contributed by atoms with Gasteiger partial charge in [-0.2, -0.15) is 0 Å². The Hall–Kier alpha value is -3.06. The van der Waals surface area contributed by atoms with Crippen molar-refractivity contribution in [2.75, 3.05) is 17.7 Å². The van der Waals surface area contributed by atoms with Gasteiger partial charge in [0.15, 0.2) is 12.4 Å². The maximum Gasteiger partial charge on any atom is 0.311 e. The minimum Gasteiger partial charge on any atom is -0.455 e. The molecule has 0 N–H and O–H groups in total. The van der Waals surface area contributed by atoms with E-state index in [1.165, 1.54) is 0 Å². The molecule has 148 valence electrons. The number of rotatable bonds is 6. The topological polar surface area (TPSA) is 72.6 Å². The van der Waals surface area contributed by atoms with Crippen LogP contribution in [0.3, 0.4) is 0 Å². The smallest absolute Gasteiger partial charge is 0.311 e. The first-order chi connectivity index (χ1) is 14.1. The van der Waals surface area contributed by atoms with Crippen LogP contribution in [-0.2, 0) is 20.9 Å². The van der Waals surface area contributed by atoms with E-state index >= 15 is 0 Å². The maximum absolute atomic E-state index is 12.5. The summed E-state index contributed by atoms with van der Waals surface area (Å²) in [4.78, 5) is 31.7. The Morgan fingerprint density at radius 3 is 2.86 bits per heavy atom. The van der Waals surface area contributed by atoms with Crippen LogP contribution < -0.4 is 4.90 Å². The standard InChI is InChI=1S/C22H20N2O4S/c1-29-18-9-5-8-17(11-18)24-13-16(10-21(24)25)22(26)27-14-20-23-12-19(28-20)15-6-3-2-4-7-15/h2-9,11-12,16H,10,13-14H2,1H3/t16-/m0/s1. The molecule has 1 aliphatic heterocycles. The number of carbonyl (C=O) groups excluding carboxylic acids is 2. The van der Waals surface area contributed by atoms with Crippen LogP contribution in [0.25, 0.3) is 11.3 Å². The fourth-order valence-electron chi connectivity index (χ4n) is 3.26. The maximum atomic E-state index is 12.5. The van der Waals surface area contributed by atoms with Crippen molar-refractivity contribution in [2.24, 2.45) is 5.92 Å². The van der Waals surface area contributed by atoms with Crippen molar-refractivity contribution in [1.82, 2.24) is 4.98 Å². The summed E-state index contributed by atoms with van der Waals surface area (Å²) in [7, 11) is 0. The lowest BCUT2D eigenvalue weighted by molar-refractivity contribution is -0.150. The molecule has 29 heavy (non-hydrogen) atoms. The first-order valence-corrected chi connectivity index (χ1v) is 10.5. The first kappa shape index (κ1) is 19.3. The Morgan fingerprint density at radius 2 is 2.07 bits per heavy atom. The van der Waals surface area contributed by atoms with Gasteiger partial charge in [0.25, 0.3) is 0 Å². The zero-order valence-electron chi connectivity index (χ0n) is 15.9. The molecule has 0 unspecified atom stereocenters. The number of esters is 1. The number of ether oxygens (including phenoxy) is 1. The molecule has 0 saturated carbocycles. The zero-order valence-corrected chi connectivity index (χ0v) is 16.7. The summed E-state index contributed by atoms with van der Waals surface area (Å²) in [5.41, 5.74) is 1.71. The third kappa shape index (κ3) is 4.35. The minimum absolute atomic E-state index is 0.0572. The van der Waals surface area contributed by atoms with Crippen LogP contribution in [0, 0.1) is 5.92 Å². The van der Waals surface area contributed by atoms with Gasteiger partial charge in [0.1, 0.15) is 0 Å². The van der Waals surface area contributed by atoms with E-state index in [0.717, 1.165) is 16.1 Å². The van der Waals surface area contributed by atoms with E-state index in [1.54, 1.807) is 22.9 Å². The second-order valence-electron chi connectivity index (χ2n) is 6.70. The summed E-state index contributed by atoms with van der Waals surface area (Å²) in [6.07, 6.45) is 3.73. The quantitative estimate of drug-likeness (QED) is 0.450. The summed E-state index contributed by atoms with van der Waals surface area (Å²) in [6.45, 7) is 0.259. The van der Waals surface area contributed by atoms with E-state index in [2.05, 4.69) is 4.98 Å². The molecule has 1 aliphatic rings. The molecule has 0 radical (unpaired) electrons. The Morgan fingerprint density at radius 1 is 1.24 bits per heavy atom. The summed E-state index contributed by atoms with van der Waals surface area (Å²) in [6, 6.07) is 17.3. The van der Waals surface area contributed by atoms with Gasteiger partial charge in [-0.25, -0.2) is 4.98 Å². The fourth-order valence-corrected chi connectivity index (χ4v) is 3.71. The first-order valence-electron chi connectivity index (χ1n) is 9.25. The van der Waals surface area contributed by atoms with Crippen LogP contribution >= 0.6 is 11.8 Å². The number of hydrogen-bond donors (Lipinski definition) is 0. The van der Waals surface area contributed by atoms with Gasteiger partial charge in [0.2, 0.25) is 11.8 Å². The number of benzene rings is 2. The summed E-state index contributed by atoms with van der Waals surface area (Å²) in [5.74, 6) is -0.0448. The van der Waals surface area contributed by atoms with Gasteiger partial charge in [-0.05, 0) is 24.5 Å². The zero-order chi connectivity index (χ0) is 20.2. The SMILES string of the molecule is CSc1cccc(N2C[C@@H](C(=O)OCc3ncc(-c4ccccc4)o3)CC2=O)c1. The van der Waals surface area contributed by atoms with E-state index in [-0.39, 0.29) is 18.9 Å². The second kappa shape index (κ2) is 8.53. The normalized spacial score (nSPS) is 16.2. The number of carbonyl (C=O) groups is 2. The molecular formula is C22H20N2O4S. The van der Waals surface area contributed by atoms with Crippen molar-refractivity contribution in [3.8, 4) is 11.3 Å². The Kier molecular flexibility index (Phi) is 5.67. The molecule has 1 saturated heterocycles. The lowest BCUT2D eigenvalue weighted by atomic mass is 10.1. The third-order valence-corrected chi connectivity index (χ3v) is 5.50. The molecule has 7 heteroatoms. The molecular weight excluding hydrogens is 388 g/mol. The number of amides is 1. The molecule has 3 aromatic rings. The largest absolute Gasteiger partial charge is 0.455 e. The molecule has 0 bridgehead atoms. The highest BCUT2D eigenvalue weighted by Crippen LogP contribution is 2.29. The number of anilines is 1. The number of oxazole rings is 1. The lowest BCUT2D eigenvalue weighted by Crippen LogP contribution is -2.26. The van der Waals surface area contributed by atoms with E-state index in [9.17, 15) is 9.59 Å². The monoisotopic (exact) mass is 408 g/mol. The van der Waals surface area contributed by atoms with E-state index in [1.807, 2.05) is 60.9 Å². The minimum atomic E-state index is -0.496. The fraction of sp³-hybridized carbons (Fsp3) is 0.227. The van der Waals surface area contributed by atoms with Gasteiger partial charge in [0.05, 0.1) is 12.1 Å². The van der Waals surface area contributed by atoms with E-state index in [0.29, 0.717) is 18.2 Å². The highest BCUT2D eigenvalue weighted by atomic mass is 32.2. The van der Waals surface area contributed by atoms with Crippen molar-refractivity contribution < 1.29 is 18.7 Å². The van der Waals surface area contributed by atoms with Gasteiger partial charge in [-0.1, -0.05) is 36.4 Å². The van der Waals surface area contributed by atoms with Crippen LogP contribution in [0.4, 0.5) is 5.69 Å². The second-order valence-corrected chi connectivity index (χ2v) is 7.58. The molecule has 2 aromatic carbocycles. The molecule has 1 atom stereocenters. The van der Waals surface area contributed by atoms with Crippen LogP contribution in [0.1, 0.15) is 12.3 Å². The Bertz CT molecular complexity index is 1020. The van der Waals surface area contributed by atoms with Crippen molar-refractivity contribution in [2.45, 2.75) is 17.9 Å². The van der Waals surface area contributed by atoms with Crippen molar-refractivity contribution in [1.29, 1.82) is 0 Å². The van der Waals surface area contributed by atoms with E-state index < -0.39 is 11.9 Å². The molecule has 0 aliphatic carbocycles. The number of nitrogens with zero attached hydrogens (tertiary/aromatic N) is 2. The van der Waals surface area contributed by atoms with Crippen LogP contribution in [0.2, 0.25) is 0 Å². The number of hydrogen-bond acceptors (Lipinski definition) is 6. The van der Waals surface area contributed by atoms with Gasteiger partial charge in [0, 0.05) is 29.1 Å². The van der Waals surface area contributed by atoms with Gasteiger partial charge < -0.3 is 14.1 Å². The predicted molar refractivity (Wildman–Crippen MR) is 110 cm³/mol. The van der Waals surface area contributed by atoms with Crippen LogP contribution in [0.5, 0.6) is 0 Å².